The molecule has 1 aromatic carbocycles. The van der Waals surface area contributed by atoms with Gasteiger partial charge in [0.05, 0.1) is 4.90 Å². The zero-order valence-corrected chi connectivity index (χ0v) is 13.3. The van der Waals surface area contributed by atoms with E-state index in [9.17, 15) is 8.42 Å². The molecule has 4 nitrogen and oxygen atoms in total. The fourth-order valence-corrected chi connectivity index (χ4v) is 4.96. The molecule has 20 heavy (non-hydrogen) atoms. The number of benzene rings is 1. The molecule has 1 unspecified atom stereocenters. The van der Waals surface area contributed by atoms with Gasteiger partial charge in [-0.2, -0.15) is 4.31 Å². The van der Waals surface area contributed by atoms with Gasteiger partial charge in [-0.15, -0.1) is 0 Å². The summed E-state index contributed by atoms with van der Waals surface area (Å²) in [6.07, 6.45) is 3.56. The van der Waals surface area contributed by atoms with E-state index in [-0.39, 0.29) is 6.04 Å². The summed E-state index contributed by atoms with van der Waals surface area (Å²) in [5, 5.41) is 0.446. The van der Waals surface area contributed by atoms with Gasteiger partial charge in [0, 0.05) is 17.6 Å². The third-order valence-corrected chi connectivity index (χ3v) is 6.14. The van der Waals surface area contributed by atoms with Crippen molar-refractivity contribution >= 4 is 21.6 Å². The Morgan fingerprint density at radius 3 is 2.85 bits per heavy atom. The molecular weight excluding hydrogens is 296 g/mol. The van der Waals surface area contributed by atoms with Crippen molar-refractivity contribution in [2.75, 3.05) is 13.1 Å². The number of sulfonamides is 1. The first-order chi connectivity index (χ1) is 9.46. The highest BCUT2D eigenvalue weighted by Crippen LogP contribution is 2.29. The van der Waals surface area contributed by atoms with Gasteiger partial charge in [0.2, 0.25) is 10.0 Å². The first-order valence-corrected chi connectivity index (χ1v) is 8.76. The highest BCUT2D eigenvalue weighted by molar-refractivity contribution is 7.89. The third-order valence-electron chi connectivity index (χ3n) is 3.81. The van der Waals surface area contributed by atoms with Crippen molar-refractivity contribution in [3.63, 3.8) is 0 Å². The van der Waals surface area contributed by atoms with Gasteiger partial charge in [-0.1, -0.05) is 24.1 Å². The molecule has 2 N–H and O–H groups in total. The van der Waals surface area contributed by atoms with Crippen LogP contribution in [0.5, 0.6) is 0 Å². The molecule has 1 aliphatic heterocycles. The molecule has 0 spiro atoms. The molecule has 0 aliphatic carbocycles. The quantitative estimate of drug-likeness (QED) is 0.928. The van der Waals surface area contributed by atoms with Crippen LogP contribution in [-0.4, -0.2) is 31.9 Å². The van der Waals surface area contributed by atoms with E-state index < -0.39 is 10.0 Å². The Kier molecular flexibility index (Phi) is 5.07. The van der Waals surface area contributed by atoms with Crippen LogP contribution in [0.2, 0.25) is 5.02 Å². The predicted molar refractivity (Wildman–Crippen MR) is 81.4 cm³/mol. The Balaban J connectivity index is 2.39. The molecule has 6 heteroatoms. The van der Waals surface area contributed by atoms with Gasteiger partial charge < -0.3 is 5.73 Å². The van der Waals surface area contributed by atoms with Crippen LogP contribution in [0.1, 0.15) is 31.2 Å². The zero-order valence-electron chi connectivity index (χ0n) is 11.7. The maximum Gasteiger partial charge on any atom is 0.243 e. The van der Waals surface area contributed by atoms with Gasteiger partial charge in [-0.05, 0) is 50.4 Å². The Labute approximate surface area is 126 Å². The number of halogens is 1. The molecule has 1 aliphatic rings. The van der Waals surface area contributed by atoms with E-state index in [1.807, 2.05) is 0 Å². The molecule has 0 saturated carbocycles. The summed E-state index contributed by atoms with van der Waals surface area (Å²) >= 11 is 5.96. The first-order valence-electron chi connectivity index (χ1n) is 6.95. The number of nitrogens with two attached hydrogens (primary N) is 1. The molecule has 0 amide bonds. The van der Waals surface area contributed by atoms with Crippen molar-refractivity contribution in [3.8, 4) is 0 Å². The van der Waals surface area contributed by atoms with Crippen LogP contribution in [0.25, 0.3) is 0 Å². The van der Waals surface area contributed by atoms with Crippen LogP contribution in [0.4, 0.5) is 0 Å². The highest BCUT2D eigenvalue weighted by Gasteiger charge is 2.33. The Morgan fingerprint density at radius 2 is 2.15 bits per heavy atom. The minimum atomic E-state index is -3.49. The molecular formula is C14H21ClN2O2S. The summed E-state index contributed by atoms with van der Waals surface area (Å²) in [6, 6.07) is 5.01. The largest absolute Gasteiger partial charge is 0.330 e. The molecule has 1 aromatic rings. The Morgan fingerprint density at radius 1 is 1.40 bits per heavy atom. The maximum atomic E-state index is 12.9. The fraction of sp³-hybridized carbons (Fsp3) is 0.571. The summed E-state index contributed by atoms with van der Waals surface area (Å²) in [4.78, 5) is 0.314. The Hall–Kier alpha value is -0.620. The van der Waals surface area contributed by atoms with Crippen molar-refractivity contribution in [1.82, 2.24) is 4.31 Å². The number of hydrogen-bond acceptors (Lipinski definition) is 3. The summed E-state index contributed by atoms with van der Waals surface area (Å²) in [5.74, 6) is 0. The van der Waals surface area contributed by atoms with Crippen molar-refractivity contribution in [2.24, 2.45) is 5.73 Å². The molecule has 0 bridgehead atoms. The van der Waals surface area contributed by atoms with E-state index in [2.05, 4.69) is 0 Å². The zero-order chi connectivity index (χ0) is 14.8. The van der Waals surface area contributed by atoms with Gasteiger partial charge >= 0.3 is 0 Å². The van der Waals surface area contributed by atoms with Crippen LogP contribution in [0, 0.1) is 6.92 Å². The fourth-order valence-electron chi connectivity index (χ4n) is 2.75. The number of nitrogens with zero attached hydrogens (tertiary/aromatic N) is 1. The van der Waals surface area contributed by atoms with Gasteiger partial charge in [-0.25, -0.2) is 8.42 Å². The van der Waals surface area contributed by atoms with Crippen LogP contribution in [0.15, 0.2) is 23.1 Å². The monoisotopic (exact) mass is 316 g/mol. The molecule has 2 rings (SSSR count). The second kappa shape index (κ2) is 6.43. The van der Waals surface area contributed by atoms with Gasteiger partial charge in [0.1, 0.15) is 0 Å². The predicted octanol–water partition coefficient (Wildman–Crippen LogP) is 2.54. The lowest BCUT2D eigenvalue weighted by atomic mass is 10.0. The lowest BCUT2D eigenvalue weighted by Crippen LogP contribution is -2.44. The summed E-state index contributed by atoms with van der Waals surface area (Å²) in [7, 11) is -3.49. The smallest absolute Gasteiger partial charge is 0.243 e. The molecule has 1 heterocycles. The lowest BCUT2D eigenvalue weighted by Gasteiger charge is -2.34. The van der Waals surface area contributed by atoms with E-state index in [1.165, 1.54) is 0 Å². The lowest BCUT2D eigenvalue weighted by molar-refractivity contribution is 0.243. The Bertz CT molecular complexity index is 573. The van der Waals surface area contributed by atoms with Crippen molar-refractivity contribution < 1.29 is 8.42 Å². The van der Waals surface area contributed by atoms with Gasteiger partial charge in [-0.3, -0.25) is 0 Å². The van der Waals surface area contributed by atoms with Crippen molar-refractivity contribution in [1.29, 1.82) is 0 Å². The molecule has 1 fully saturated rings. The number of aryl methyl sites for hydroxylation is 1. The number of piperidine rings is 1. The summed E-state index contributed by atoms with van der Waals surface area (Å²) < 4.78 is 27.4. The van der Waals surface area contributed by atoms with Crippen LogP contribution >= 0.6 is 11.6 Å². The minimum absolute atomic E-state index is 0.0112. The summed E-state index contributed by atoms with van der Waals surface area (Å²) in [6.45, 7) is 2.87. The third kappa shape index (κ3) is 3.17. The van der Waals surface area contributed by atoms with Gasteiger partial charge in [0.15, 0.2) is 0 Å². The number of hydrogen-bond donors (Lipinski definition) is 1. The average Bonchev–Trinajstić information content (AvgIpc) is 2.42. The molecule has 1 atom stereocenters. The van der Waals surface area contributed by atoms with Crippen molar-refractivity contribution in [2.45, 2.75) is 43.5 Å². The first kappa shape index (κ1) is 15.8. The van der Waals surface area contributed by atoms with E-state index >= 15 is 0 Å². The minimum Gasteiger partial charge on any atom is -0.330 e. The van der Waals surface area contributed by atoms with E-state index in [4.69, 9.17) is 17.3 Å². The van der Waals surface area contributed by atoms with E-state index in [0.717, 1.165) is 24.8 Å². The number of rotatable bonds is 4. The normalized spacial score (nSPS) is 21.1. The highest BCUT2D eigenvalue weighted by atomic mass is 35.5. The topological polar surface area (TPSA) is 63.4 Å². The standard InChI is InChI=1S/C14H21ClN2O2S/c1-11-5-6-12(15)10-14(11)20(18,19)17-9-3-2-4-13(17)7-8-16/h5-6,10,13H,2-4,7-9,16H2,1H3. The van der Waals surface area contributed by atoms with Crippen LogP contribution < -0.4 is 5.73 Å². The summed E-state index contributed by atoms with van der Waals surface area (Å²) in [5.41, 5.74) is 6.34. The van der Waals surface area contributed by atoms with Crippen LogP contribution in [0.3, 0.4) is 0 Å². The molecule has 112 valence electrons. The van der Waals surface area contributed by atoms with Crippen LogP contribution in [-0.2, 0) is 10.0 Å². The maximum absolute atomic E-state index is 12.9. The molecule has 1 saturated heterocycles. The van der Waals surface area contributed by atoms with Gasteiger partial charge in [0.25, 0.3) is 0 Å². The van der Waals surface area contributed by atoms with E-state index in [0.29, 0.717) is 29.4 Å². The SMILES string of the molecule is Cc1ccc(Cl)cc1S(=O)(=O)N1CCCCC1CCN. The molecule has 0 aromatic heterocycles. The van der Waals surface area contributed by atoms with Crippen molar-refractivity contribution in [3.05, 3.63) is 28.8 Å². The average molecular weight is 317 g/mol. The second-order valence-corrected chi connectivity index (χ2v) is 7.55. The molecule has 0 radical (unpaired) electrons. The van der Waals surface area contributed by atoms with E-state index in [1.54, 1.807) is 29.4 Å². The second-order valence-electron chi connectivity index (χ2n) is 5.25.